The van der Waals surface area contributed by atoms with Gasteiger partial charge in [0.1, 0.15) is 15.7 Å². The Morgan fingerprint density at radius 3 is 2.36 bits per heavy atom. The van der Waals surface area contributed by atoms with E-state index in [1.165, 1.54) is 22.7 Å². The molecule has 5 aromatic rings. The van der Waals surface area contributed by atoms with Crippen molar-refractivity contribution < 1.29 is 19.0 Å². The first kappa shape index (κ1) is 28.9. The number of hydrogen-bond donors (Lipinski definition) is 3. The summed E-state index contributed by atoms with van der Waals surface area (Å²) >= 11 is 2.88. The van der Waals surface area contributed by atoms with Gasteiger partial charge in [0, 0.05) is 40.9 Å². The Balaban J connectivity index is 1.29. The lowest BCUT2D eigenvalue weighted by molar-refractivity contribution is -0.116. The third-order valence-electron chi connectivity index (χ3n) is 6.57. The normalized spacial score (nSPS) is 11.5. The number of carbonyl (C=O) groups is 1. The number of thiazole rings is 2. The van der Waals surface area contributed by atoms with Crippen molar-refractivity contribution in [1.29, 1.82) is 0 Å². The molecule has 4 N–H and O–H groups in total. The van der Waals surface area contributed by atoms with Gasteiger partial charge in [-0.2, -0.15) is 0 Å². The minimum Gasteiger partial charge on any atom is -0.493 e. The Morgan fingerprint density at radius 1 is 0.929 bits per heavy atom. The number of nitrogens with two attached hydrogens (primary N) is 1. The minimum atomic E-state index is -0.0352. The number of nitrogens with one attached hydrogen (secondary N) is 2. The third-order valence-corrected chi connectivity index (χ3v) is 8.55. The van der Waals surface area contributed by atoms with Gasteiger partial charge in [-0.25, -0.2) is 9.97 Å². The molecule has 1 amide bonds. The molecule has 0 aliphatic carbocycles. The van der Waals surface area contributed by atoms with Crippen LogP contribution in [0.5, 0.6) is 17.2 Å². The average Bonchev–Trinajstić information content (AvgIpc) is 3.63. The molecule has 0 saturated carbocycles. The number of hydrogen-bond acceptors (Lipinski definition) is 10. The Kier molecular flexibility index (Phi) is 8.89. The van der Waals surface area contributed by atoms with Gasteiger partial charge in [-0.05, 0) is 23.6 Å². The molecule has 216 valence electrons. The molecule has 9 nitrogen and oxygen atoms in total. The van der Waals surface area contributed by atoms with Crippen molar-refractivity contribution in [3.05, 3.63) is 77.7 Å². The van der Waals surface area contributed by atoms with Gasteiger partial charge >= 0.3 is 0 Å². The molecule has 0 spiro atoms. The van der Waals surface area contributed by atoms with Crippen LogP contribution >= 0.6 is 22.7 Å². The Morgan fingerprint density at radius 2 is 1.67 bits per heavy atom. The number of nitrogen functional groups attached to an aromatic ring is 1. The lowest BCUT2D eigenvalue weighted by Crippen LogP contribution is -2.14. The van der Waals surface area contributed by atoms with Crippen molar-refractivity contribution in [3.63, 3.8) is 0 Å². The number of methoxy groups -OCH3 is 3. The molecule has 1 atom stereocenters. The molecule has 1 unspecified atom stereocenters. The van der Waals surface area contributed by atoms with E-state index >= 15 is 0 Å². The number of anilines is 4. The lowest BCUT2D eigenvalue weighted by Gasteiger charge is -2.14. The van der Waals surface area contributed by atoms with Crippen molar-refractivity contribution in [2.75, 3.05) is 37.7 Å². The highest BCUT2D eigenvalue weighted by Gasteiger charge is 2.18. The summed E-state index contributed by atoms with van der Waals surface area (Å²) in [5.74, 6) is 2.02. The maximum atomic E-state index is 12.7. The molecule has 2 aromatic heterocycles. The van der Waals surface area contributed by atoms with Gasteiger partial charge in [0.05, 0.1) is 27.0 Å². The van der Waals surface area contributed by atoms with Crippen molar-refractivity contribution in [1.82, 2.24) is 9.97 Å². The van der Waals surface area contributed by atoms with Gasteiger partial charge in [0.15, 0.2) is 16.6 Å². The Bertz CT molecular complexity index is 1660. The monoisotopic (exact) mass is 601 g/mol. The summed E-state index contributed by atoms with van der Waals surface area (Å²) in [5, 5.41) is 9.62. The number of ether oxygens (including phenoxy) is 3. The summed E-state index contributed by atoms with van der Waals surface area (Å²) in [6.45, 7) is 2.05. The summed E-state index contributed by atoms with van der Waals surface area (Å²) in [4.78, 5) is 22.8. The molecule has 11 heteroatoms. The maximum Gasteiger partial charge on any atom is 0.224 e. The van der Waals surface area contributed by atoms with E-state index in [4.69, 9.17) is 24.9 Å². The van der Waals surface area contributed by atoms with Crippen LogP contribution in [0.15, 0.2) is 72.1 Å². The molecule has 0 aliphatic heterocycles. The Labute approximate surface area is 252 Å². The number of amides is 1. The zero-order chi connectivity index (χ0) is 29.6. The average molecular weight is 602 g/mol. The van der Waals surface area contributed by atoms with E-state index in [1.54, 1.807) is 33.5 Å². The second-order valence-electron chi connectivity index (χ2n) is 9.46. The van der Waals surface area contributed by atoms with Crippen molar-refractivity contribution in [2.24, 2.45) is 0 Å². The predicted molar refractivity (Wildman–Crippen MR) is 171 cm³/mol. The molecule has 2 heterocycles. The maximum absolute atomic E-state index is 12.7. The quantitative estimate of drug-likeness (QED) is 0.143. The van der Waals surface area contributed by atoms with Crippen LogP contribution < -0.4 is 30.6 Å². The van der Waals surface area contributed by atoms with Gasteiger partial charge < -0.3 is 30.6 Å². The third kappa shape index (κ3) is 6.48. The van der Waals surface area contributed by atoms with E-state index in [-0.39, 0.29) is 11.8 Å². The second-order valence-corrected chi connectivity index (χ2v) is 11.3. The van der Waals surface area contributed by atoms with Crippen LogP contribution in [-0.4, -0.2) is 37.2 Å². The standard InChI is InChI=1S/C31H31N5O4S2/c1-18(19-9-6-5-7-10-19)13-26(37)33-21-12-8-11-20(14-21)23-17-41-30(35-23)28-29(32)36-31(42-28)34-22-15-24(38-2)27(40-4)25(16-22)39-3/h5-12,14-18H,13,32H2,1-4H3,(H,33,37)(H,34,36). The first-order valence-electron chi connectivity index (χ1n) is 13.1. The predicted octanol–water partition coefficient (Wildman–Crippen LogP) is 7.42. The topological polar surface area (TPSA) is 121 Å². The van der Waals surface area contributed by atoms with E-state index in [9.17, 15) is 4.79 Å². The van der Waals surface area contributed by atoms with Gasteiger partial charge in [-0.15, -0.1) is 11.3 Å². The van der Waals surface area contributed by atoms with E-state index in [0.29, 0.717) is 40.3 Å². The van der Waals surface area contributed by atoms with Gasteiger partial charge in [0.2, 0.25) is 11.7 Å². The van der Waals surface area contributed by atoms with Gasteiger partial charge in [0.25, 0.3) is 0 Å². The number of aromatic nitrogens is 2. The molecule has 5 rings (SSSR count). The molecule has 0 bridgehead atoms. The highest BCUT2D eigenvalue weighted by Crippen LogP contribution is 2.43. The number of benzene rings is 3. The summed E-state index contributed by atoms with van der Waals surface area (Å²) in [6, 6.07) is 21.3. The second kappa shape index (κ2) is 12.9. The Hall–Kier alpha value is -4.61. The van der Waals surface area contributed by atoms with Crippen LogP contribution in [0, 0.1) is 0 Å². The number of nitrogens with zero attached hydrogens (tertiary/aromatic N) is 2. The summed E-state index contributed by atoms with van der Waals surface area (Å²) in [5.41, 5.74) is 10.6. The summed E-state index contributed by atoms with van der Waals surface area (Å²) in [6.07, 6.45) is 0.395. The van der Waals surface area contributed by atoms with Crippen molar-refractivity contribution in [3.8, 4) is 38.4 Å². The fourth-order valence-corrected chi connectivity index (χ4v) is 6.31. The van der Waals surface area contributed by atoms with Crippen LogP contribution in [0.4, 0.5) is 22.3 Å². The van der Waals surface area contributed by atoms with E-state index in [0.717, 1.165) is 32.4 Å². The van der Waals surface area contributed by atoms with E-state index < -0.39 is 0 Å². The molecule has 0 radical (unpaired) electrons. The zero-order valence-corrected chi connectivity index (χ0v) is 25.3. The molecule has 42 heavy (non-hydrogen) atoms. The molecular weight excluding hydrogens is 571 g/mol. The highest BCUT2D eigenvalue weighted by molar-refractivity contribution is 7.23. The summed E-state index contributed by atoms with van der Waals surface area (Å²) < 4.78 is 16.3. The number of rotatable bonds is 11. The molecule has 3 aromatic carbocycles. The smallest absolute Gasteiger partial charge is 0.224 e. The largest absolute Gasteiger partial charge is 0.493 e. The molecule has 0 saturated heterocycles. The molecular formula is C31H31N5O4S2. The zero-order valence-electron chi connectivity index (χ0n) is 23.6. The molecule has 0 aliphatic rings. The minimum absolute atomic E-state index is 0.0352. The lowest BCUT2D eigenvalue weighted by atomic mass is 9.97. The molecule has 0 fully saturated rings. The van der Waals surface area contributed by atoms with Crippen LogP contribution in [0.1, 0.15) is 24.8 Å². The van der Waals surface area contributed by atoms with Crippen molar-refractivity contribution in [2.45, 2.75) is 19.3 Å². The number of carbonyl (C=O) groups excluding carboxylic acids is 1. The van der Waals surface area contributed by atoms with Crippen LogP contribution in [0.3, 0.4) is 0 Å². The van der Waals surface area contributed by atoms with E-state index in [1.807, 2.05) is 60.0 Å². The van der Waals surface area contributed by atoms with Crippen LogP contribution in [0.2, 0.25) is 0 Å². The first-order valence-corrected chi connectivity index (χ1v) is 14.8. The van der Waals surface area contributed by atoms with Crippen molar-refractivity contribution >= 4 is 50.9 Å². The first-order chi connectivity index (χ1) is 20.4. The fraction of sp³-hybridized carbons (Fsp3) is 0.194. The SMILES string of the molecule is COc1cc(Nc2nc(N)c(-c3nc(-c4cccc(NC(=O)CC(C)c5ccccc5)c4)cs3)s2)cc(OC)c1OC. The van der Waals surface area contributed by atoms with Crippen LogP contribution in [0.25, 0.3) is 21.1 Å². The highest BCUT2D eigenvalue weighted by atomic mass is 32.1. The van der Waals surface area contributed by atoms with Gasteiger partial charge in [-0.3, -0.25) is 4.79 Å². The van der Waals surface area contributed by atoms with E-state index in [2.05, 4.69) is 22.5 Å². The van der Waals surface area contributed by atoms with Crippen LogP contribution in [-0.2, 0) is 4.79 Å². The fourth-order valence-electron chi connectivity index (χ4n) is 4.47. The summed E-state index contributed by atoms with van der Waals surface area (Å²) in [7, 11) is 4.69. The van der Waals surface area contributed by atoms with Gasteiger partial charge in [-0.1, -0.05) is 60.7 Å².